The van der Waals surface area contributed by atoms with E-state index in [1.807, 2.05) is 14.1 Å². The summed E-state index contributed by atoms with van der Waals surface area (Å²) in [5.74, 6) is -1.22. The van der Waals surface area contributed by atoms with Crippen molar-refractivity contribution in [1.29, 1.82) is 0 Å². The van der Waals surface area contributed by atoms with E-state index in [4.69, 9.17) is 0 Å². The molecule has 0 saturated heterocycles. The summed E-state index contributed by atoms with van der Waals surface area (Å²) in [6.45, 7) is 0. The smallest absolute Gasteiger partial charge is 0.306 e. The van der Waals surface area contributed by atoms with Gasteiger partial charge in [-0.15, -0.1) is 0 Å². The van der Waals surface area contributed by atoms with Crippen molar-refractivity contribution < 1.29 is 17.6 Å². The quantitative estimate of drug-likeness (QED) is 0.728. The zero-order valence-corrected chi connectivity index (χ0v) is 11.7. The van der Waals surface area contributed by atoms with E-state index in [-0.39, 0.29) is 11.5 Å². The average molecular weight is 289 g/mol. The van der Waals surface area contributed by atoms with E-state index < -0.39 is 17.6 Å². The molecule has 0 aromatic heterocycles. The van der Waals surface area contributed by atoms with Crippen LogP contribution in [0.25, 0.3) is 0 Å². The maximum atomic E-state index is 14.1. The first kappa shape index (κ1) is 15.3. The van der Waals surface area contributed by atoms with Crippen LogP contribution in [0, 0.1) is 5.82 Å². The Morgan fingerprint density at radius 1 is 1.15 bits per heavy atom. The van der Waals surface area contributed by atoms with Gasteiger partial charge in [-0.3, -0.25) is 0 Å². The molecule has 1 aliphatic rings. The van der Waals surface area contributed by atoms with Gasteiger partial charge in [-0.05, 0) is 50.9 Å². The standard InChI is InChI=1S/C15H19F4N/c1-20(2)11-6-3-5-10(9-11)12-7-4-8-13(14(12)16)15(17,18)19/h4,7-8,10-11H,3,5-6,9H2,1-2H3. The highest BCUT2D eigenvalue weighted by Gasteiger charge is 2.36. The predicted octanol–water partition coefficient (Wildman–Crippen LogP) is 4.43. The fourth-order valence-corrected chi connectivity index (χ4v) is 3.00. The Balaban J connectivity index is 2.29. The average Bonchev–Trinajstić information content (AvgIpc) is 2.37. The lowest BCUT2D eigenvalue weighted by Crippen LogP contribution is -2.32. The Labute approximate surface area is 116 Å². The van der Waals surface area contributed by atoms with Gasteiger partial charge in [0.25, 0.3) is 0 Å². The first-order chi connectivity index (χ1) is 9.30. The summed E-state index contributed by atoms with van der Waals surface area (Å²) < 4.78 is 52.4. The van der Waals surface area contributed by atoms with Crippen molar-refractivity contribution >= 4 is 0 Å². The Morgan fingerprint density at radius 2 is 1.85 bits per heavy atom. The van der Waals surface area contributed by atoms with Gasteiger partial charge < -0.3 is 4.90 Å². The third-order valence-corrected chi connectivity index (χ3v) is 4.15. The molecule has 0 bridgehead atoms. The minimum Gasteiger partial charge on any atom is -0.306 e. The summed E-state index contributed by atoms with van der Waals surface area (Å²) in [5.41, 5.74) is -0.937. The molecule has 2 unspecified atom stereocenters. The molecular weight excluding hydrogens is 270 g/mol. The number of alkyl halides is 3. The van der Waals surface area contributed by atoms with Gasteiger partial charge in [0.2, 0.25) is 0 Å². The van der Waals surface area contributed by atoms with Crippen LogP contribution < -0.4 is 0 Å². The maximum absolute atomic E-state index is 14.1. The molecule has 2 atom stereocenters. The molecule has 112 valence electrons. The SMILES string of the molecule is CN(C)C1CCCC(c2cccc(C(F)(F)F)c2F)C1. The summed E-state index contributed by atoms with van der Waals surface area (Å²) in [5, 5.41) is 0. The predicted molar refractivity (Wildman–Crippen MR) is 70.1 cm³/mol. The van der Waals surface area contributed by atoms with Crippen LogP contribution in [-0.2, 0) is 6.18 Å². The highest BCUT2D eigenvalue weighted by Crippen LogP contribution is 2.39. The van der Waals surface area contributed by atoms with Crippen LogP contribution >= 0.6 is 0 Å². The molecule has 1 aromatic carbocycles. The second-order valence-corrected chi connectivity index (χ2v) is 5.69. The summed E-state index contributed by atoms with van der Waals surface area (Å²) in [4.78, 5) is 2.07. The topological polar surface area (TPSA) is 3.24 Å². The zero-order chi connectivity index (χ0) is 14.9. The number of hydrogen-bond acceptors (Lipinski definition) is 1. The van der Waals surface area contributed by atoms with Crippen LogP contribution in [0.15, 0.2) is 18.2 Å². The summed E-state index contributed by atoms with van der Waals surface area (Å²) in [6.07, 6.45) is -1.23. The second kappa shape index (κ2) is 5.72. The van der Waals surface area contributed by atoms with Gasteiger partial charge in [0.05, 0.1) is 5.56 Å². The maximum Gasteiger partial charge on any atom is 0.419 e. The van der Waals surface area contributed by atoms with E-state index in [0.717, 1.165) is 25.3 Å². The van der Waals surface area contributed by atoms with Crippen molar-refractivity contribution in [2.75, 3.05) is 14.1 Å². The van der Waals surface area contributed by atoms with Gasteiger partial charge in [0.1, 0.15) is 5.82 Å². The number of benzene rings is 1. The number of nitrogens with zero attached hydrogens (tertiary/aromatic N) is 1. The van der Waals surface area contributed by atoms with Gasteiger partial charge in [0, 0.05) is 6.04 Å². The number of rotatable bonds is 2. The van der Waals surface area contributed by atoms with Gasteiger partial charge in [-0.2, -0.15) is 13.2 Å². The van der Waals surface area contributed by atoms with Crippen molar-refractivity contribution in [2.24, 2.45) is 0 Å². The van der Waals surface area contributed by atoms with E-state index in [1.165, 1.54) is 12.1 Å². The molecule has 1 aliphatic carbocycles. The first-order valence-electron chi connectivity index (χ1n) is 6.82. The molecule has 0 radical (unpaired) electrons. The van der Waals surface area contributed by atoms with Crippen LogP contribution in [0.1, 0.15) is 42.7 Å². The van der Waals surface area contributed by atoms with E-state index in [2.05, 4.69) is 4.90 Å². The van der Waals surface area contributed by atoms with Crippen LogP contribution in [-0.4, -0.2) is 25.0 Å². The Kier molecular flexibility index (Phi) is 4.37. The third-order valence-electron chi connectivity index (χ3n) is 4.15. The molecule has 0 heterocycles. The van der Waals surface area contributed by atoms with Crippen molar-refractivity contribution in [2.45, 2.75) is 43.8 Å². The lowest BCUT2D eigenvalue weighted by atomic mass is 9.80. The molecule has 1 saturated carbocycles. The van der Waals surface area contributed by atoms with Crippen LogP contribution in [0.5, 0.6) is 0 Å². The van der Waals surface area contributed by atoms with Crippen molar-refractivity contribution in [1.82, 2.24) is 4.90 Å². The molecule has 1 aromatic rings. The lowest BCUT2D eigenvalue weighted by Gasteiger charge is -2.34. The zero-order valence-electron chi connectivity index (χ0n) is 11.7. The Bertz CT molecular complexity index is 467. The van der Waals surface area contributed by atoms with Crippen molar-refractivity contribution in [3.05, 3.63) is 35.1 Å². The van der Waals surface area contributed by atoms with Gasteiger partial charge >= 0.3 is 6.18 Å². The largest absolute Gasteiger partial charge is 0.419 e. The van der Waals surface area contributed by atoms with E-state index in [0.29, 0.717) is 12.5 Å². The fourth-order valence-electron chi connectivity index (χ4n) is 3.00. The molecule has 1 fully saturated rings. The Hall–Kier alpha value is -1.10. The summed E-state index contributed by atoms with van der Waals surface area (Å²) >= 11 is 0. The highest BCUT2D eigenvalue weighted by atomic mass is 19.4. The monoisotopic (exact) mass is 289 g/mol. The minimum absolute atomic E-state index is 0.126. The fraction of sp³-hybridized carbons (Fsp3) is 0.600. The molecule has 5 heteroatoms. The minimum atomic E-state index is -4.63. The second-order valence-electron chi connectivity index (χ2n) is 5.69. The molecule has 2 rings (SSSR count). The number of halogens is 4. The molecule has 20 heavy (non-hydrogen) atoms. The van der Waals surface area contributed by atoms with Crippen molar-refractivity contribution in [3.8, 4) is 0 Å². The Morgan fingerprint density at radius 3 is 2.45 bits per heavy atom. The molecule has 0 amide bonds. The van der Waals surface area contributed by atoms with Gasteiger partial charge in [-0.1, -0.05) is 18.6 Å². The van der Waals surface area contributed by atoms with Crippen LogP contribution in [0.4, 0.5) is 17.6 Å². The van der Waals surface area contributed by atoms with E-state index in [9.17, 15) is 17.6 Å². The van der Waals surface area contributed by atoms with E-state index >= 15 is 0 Å². The first-order valence-corrected chi connectivity index (χ1v) is 6.82. The highest BCUT2D eigenvalue weighted by molar-refractivity contribution is 5.31. The number of hydrogen-bond donors (Lipinski definition) is 0. The van der Waals surface area contributed by atoms with E-state index in [1.54, 1.807) is 0 Å². The van der Waals surface area contributed by atoms with Gasteiger partial charge in [0.15, 0.2) is 0 Å². The molecular formula is C15H19F4N. The van der Waals surface area contributed by atoms with Crippen molar-refractivity contribution in [3.63, 3.8) is 0 Å². The lowest BCUT2D eigenvalue weighted by molar-refractivity contribution is -0.140. The van der Waals surface area contributed by atoms with Crippen LogP contribution in [0.2, 0.25) is 0 Å². The molecule has 0 N–H and O–H groups in total. The summed E-state index contributed by atoms with van der Waals surface area (Å²) in [7, 11) is 3.91. The normalized spacial score (nSPS) is 24.1. The molecule has 0 spiro atoms. The summed E-state index contributed by atoms with van der Waals surface area (Å²) in [6, 6.07) is 3.92. The molecule has 1 nitrogen and oxygen atoms in total. The van der Waals surface area contributed by atoms with Crippen LogP contribution in [0.3, 0.4) is 0 Å². The third kappa shape index (κ3) is 3.14. The van der Waals surface area contributed by atoms with Gasteiger partial charge in [-0.25, -0.2) is 4.39 Å². The molecule has 0 aliphatic heterocycles.